The van der Waals surface area contributed by atoms with Crippen LogP contribution in [0.3, 0.4) is 0 Å². The highest BCUT2D eigenvalue weighted by Crippen LogP contribution is 2.34. The molecular formula is C19H19FN6O. The molecule has 8 heteroatoms. The van der Waals surface area contributed by atoms with Gasteiger partial charge in [-0.15, -0.1) is 0 Å². The van der Waals surface area contributed by atoms with E-state index in [1.54, 1.807) is 22.8 Å². The van der Waals surface area contributed by atoms with Crippen LogP contribution in [0.25, 0.3) is 5.65 Å². The third kappa shape index (κ3) is 2.59. The first kappa shape index (κ1) is 16.0. The molecule has 3 aromatic rings. The number of rotatable bonds is 0. The fourth-order valence-electron chi connectivity index (χ4n) is 3.82. The van der Waals surface area contributed by atoms with Gasteiger partial charge in [0.05, 0.1) is 12.2 Å². The van der Waals surface area contributed by atoms with Gasteiger partial charge in [-0.1, -0.05) is 0 Å². The van der Waals surface area contributed by atoms with Crippen molar-refractivity contribution >= 4 is 23.1 Å². The molecule has 1 aromatic carbocycles. The average Bonchev–Trinajstić information content (AvgIpc) is 3.04. The molecule has 5 rings (SSSR count). The van der Waals surface area contributed by atoms with Crippen LogP contribution in [0.4, 0.5) is 15.9 Å². The van der Waals surface area contributed by atoms with Crippen LogP contribution in [0.15, 0.2) is 36.7 Å². The van der Waals surface area contributed by atoms with Crippen LogP contribution in [-0.2, 0) is 0 Å². The predicted octanol–water partition coefficient (Wildman–Crippen LogP) is 2.36. The molecule has 4 heterocycles. The Labute approximate surface area is 155 Å². The van der Waals surface area contributed by atoms with Gasteiger partial charge in [0.1, 0.15) is 17.2 Å². The van der Waals surface area contributed by atoms with Crippen LogP contribution in [0.1, 0.15) is 35.3 Å². The molecule has 2 aliphatic heterocycles. The van der Waals surface area contributed by atoms with Crippen LogP contribution in [-0.4, -0.2) is 39.6 Å². The van der Waals surface area contributed by atoms with Crippen molar-refractivity contribution in [2.75, 3.05) is 23.3 Å². The summed E-state index contributed by atoms with van der Waals surface area (Å²) in [5, 5.41) is 10.5. The van der Waals surface area contributed by atoms with Crippen molar-refractivity contribution in [2.45, 2.75) is 25.4 Å². The Balaban J connectivity index is 1.64. The number of amides is 1. The van der Waals surface area contributed by atoms with Gasteiger partial charge in [0.15, 0.2) is 5.65 Å². The molecule has 2 bridgehead atoms. The minimum absolute atomic E-state index is 0.150. The highest BCUT2D eigenvalue weighted by Gasteiger charge is 2.31. The van der Waals surface area contributed by atoms with E-state index in [0.717, 1.165) is 24.2 Å². The summed E-state index contributed by atoms with van der Waals surface area (Å²) in [6.07, 6.45) is 4.27. The van der Waals surface area contributed by atoms with Crippen molar-refractivity contribution in [3.63, 3.8) is 0 Å². The minimum atomic E-state index is -0.265. The van der Waals surface area contributed by atoms with Gasteiger partial charge in [-0.05, 0) is 37.6 Å². The molecule has 0 spiro atoms. The second-order valence-corrected chi connectivity index (χ2v) is 7.05. The van der Waals surface area contributed by atoms with Gasteiger partial charge in [-0.2, -0.15) is 5.10 Å². The number of hydrogen-bond acceptors (Lipinski definition) is 5. The summed E-state index contributed by atoms with van der Waals surface area (Å²) in [6, 6.07) is 6.71. The fourth-order valence-corrected chi connectivity index (χ4v) is 3.82. The van der Waals surface area contributed by atoms with Crippen molar-refractivity contribution in [1.29, 1.82) is 0 Å². The van der Waals surface area contributed by atoms with Gasteiger partial charge in [-0.3, -0.25) is 4.79 Å². The molecule has 2 atom stereocenters. The first-order valence-corrected chi connectivity index (χ1v) is 9.05. The zero-order valence-corrected chi connectivity index (χ0v) is 14.8. The van der Waals surface area contributed by atoms with Gasteiger partial charge in [0.2, 0.25) is 0 Å². The first-order valence-electron chi connectivity index (χ1n) is 9.05. The molecule has 1 saturated heterocycles. The van der Waals surface area contributed by atoms with E-state index < -0.39 is 0 Å². The van der Waals surface area contributed by atoms with Crippen molar-refractivity contribution in [3.05, 3.63) is 53.6 Å². The summed E-state index contributed by atoms with van der Waals surface area (Å²) in [5.41, 5.74) is 2.81. The number of hydrogen-bond donors (Lipinski definition) is 2. The highest BCUT2D eigenvalue weighted by molar-refractivity contribution is 5.99. The third-order valence-electron chi connectivity index (χ3n) is 5.39. The summed E-state index contributed by atoms with van der Waals surface area (Å²) in [4.78, 5) is 19.4. The molecule has 2 aromatic heterocycles. The van der Waals surface area contributed by atoms with Crippen LogP contribution in [0, 0.1) is 5.82 Å². The molecule has 2 aliphatic rings. The van der Waals surface area contributed by atoms with E-state index >= 15 is 0 Å². The van der Waals surface area contributed by atoms with Crippen molar-refractivity contribution in [1.82, 2.24) is 19.9 Å². The SMILES string of the molecule is C[C@H]1Nc2ccn3ncc(c3n2)C(=O)NCC2CCN2c2ccc(F)cc21. The quantitative estimate of drug-likeness (QED) is 0.639. The Morgan fingerprint density at radius 2 is 2.19 bits per heavy atom. The molecule has 1 amide bonds. The number of carbonyl (C=O) groups is 1. The summed E-state index contributed by atoms with van der Waals surface area (Å²) >= 11 is 0. The Bertz CT molecular complexity index is 1050. The zero-order chi connectivity index (χ0) is 18.5. The number of carbonyl (C=O) groups excluding carboxylic acids is 1. The Morgan fingerprint density at radius 3 is 3.00 bits per heavy atom. The van der Waals surface area contributed by atoms with Crippen LogP contribution >= 0.6 is 0 Å². The largest absolute Gasteiger partial charge is 0.366 e. The van der Waals surface area contributed by atoms with E-state index in [2.05, 4.69) is 25.6 Å². The van der Waals surface area contributed by atoms with E-state index in [4.69, 9.17) is 0 Å². The molecule has 1 unspecified atom stereocenters. The Kier molecular flexibility index (Phi) is 3.53. The van der Waals surface area contributed by atoms with E-state index in [9.17, 15) is 9.18 Å². The van der Waals surface area contributed by atoms with Crippen molar-refractivity contribution in [2.24, 2.45) is 0 Å². The standard InChI is InChI=1S/C19H19FN6O/c1-11-14-8-12(20)2-3-16(14)25-6-4-13(25)9-21-19(27)15-10-22-26-7-5-17(23-11)24-18(15)26/h2-3,5,7-8,10-11,13H,4,6,9H2,1H3,(H,21,27)(H,23,24)/t11-,13?/m1/s1. The second kappa shape index (κ2) is 5.94. The van der Waals surface area contributed by atoms with E-state index in [1.165, 1.54) is 12.3 Å². The zero-order valence-electron chi connectivity index (χ0n) is 14.8. The minimum Gasteiger partial charge on any atom is -0.366 e. The molecule has 0 radical (unpaired) electrons. The molecule has 138 valence electrons. The number of aromatic nitrogens is 3. The predicted molar refractivity (Wildman–Crippen MR) is 99.5 cm³/mol. The van der Waals surface area contributed by atoms with Gasteiger partial charge in [-0.25, -0.2) is 13.9 Å². The van der Waals surface area contributed by atoms with E-state index in [-0.39, 0.29) is 23.8 Å². The van der Waals surface area contributed by atoms with Gasteiger partial charge >= 0.3 is 0 Å². The Morgan fingerprint density at radius 1 is 1.30 bits per heavy atom. The summed E-state index contributed by atoms with van der Waals surface area (Å²) in [5.74, 6) is 0.158. The molecule has 7 nitrogen and oxygen atoms in total. The molecule has 1 fully saturated rings. The van der Waals surface area contributed by atoms with Crippen LogP contribution in [0.5, 0.6) is 0 Å². The second-order valence-electron chi connectivity index (χ2n) is 7.05. The van der Waals surface area contributed by atoms with Crippen LogP contribution in [0.2, 0.25) is 0 Å². The highest BCUT2D eigenvalue weighted by atomic mass is 19.1. The normalized spacial score (nSPS) is 21.9. The van der Waals surface area contributed by atoms with Crippen molar-refractivity contribution < 1.29 is 9.18 Å². The first-order chi connectivity index (χ1) is 13.1. The lowest BCUT2D eigenvalue weighted by atomic mass is 9.97. The lowest BCUT2D eigenvalue weighted by Gasteiger charge is -2.44. The van der Waals surface area contributed by atoms with Crippen molar-refractivity contribution in [3.8, 4) is 0 Å². The number of fused-ring (bicyclic) bond motifs is 4. The molecule has 27 heavy (non-hydrogen) atoms. The maximum atomic E-state index is 14.0. The number of anilines is 2. The monoisotopic (exact) mass is 366 g/mol. The molecule has 2 N–H and O–H groups in total. The van der Waals surface area contributed by atoms with E-state index in [0.29, 0.717) is 23.6 Å². The lowest BCUT2D eigenvalue weighted by molar-refractivity contribution is 0.0949. The number of nitrogens with zero attached hydrogens (tertiary/aromatic N) is 4. The van der Waals surface area contributed by atoms with Gasteiger partial charge < -0.3 is 15.5 Å². The number of benzene rings is 1. The fraction of sp³-hybridized carbons (Fsp3) is 0.316. The van der Waals surface area contributed by atoms with Gasteiger partial charge in [0.25, 0.3) is 5.91 Å². The summed E-state index contributed by atoms with van der Waals surface area (Å²) < 4.78 is 15.5. The molecule has 0 aliphatic carbocycles. The molecular weight excluding hydrogens is 347 g/mol. The van der Waals surface area contributed by atoms with Gasteiger partial charge in [0, 0.05) is 36.6 Å². The topological polar surface area (TPSA) is 74.6 Å². The number of halogens is 1. The lowest BCUT2D eigenvalue weighted by Crippen LogP contribution is -2.54. The maximum Gasteiger partial charge on any atom is 0.256 e. The average molecular weight is 366 g/mol. The maximum absolute atomic E-state index is 14.0. The summed E-state index contributed by atoms with van der Waals surface area (Å²) in [6.45, 7) is 3.39. The smallest absolute Gasteiger partial charge is 0.256 e. The Hall–Kier alpha value is -3.16. The third-order valence-corrected chi connectivity index (χ3v) is 5.39. The summed E-state index contributed by atoms with van der Waals surface area (Å²) in [7, 11) is 0. The van der Waals surface area contributed by atoms with Crippen LogP contribution < -0.4 is 15.5 Å². The number of nitrogens with one attached hydrogen (secondary N) is 2. The molecule has 0 saturated carbocycles. The van der Waals surface area contributed by atoms with E-state index in [1.807, 2.05) is 13.0 Å².